The van der Waals surface area contributed by atoms with Gasteiger partial charge in [-0.15, -0.1) is 11.3 Å². The first kappa shape index (κ1) is 19.7. The van der Waals surface area contributed by atoms with Gasteiger partial charge in [0.05, 0.1) is 42.0 Å². The third kappa shape index (κ3) is 3.66. The molecular weight excluding hydrogens is 406 g/mol. The van der Waals surface area contributed by atoms with Gasteiger partial charge in [0, 0.05) is 22.7 Å². The van der Waals surface area contributed by atoms with Gasteiger partial charge in [0.15, 0.2) is 11.5 Å². The largest absolute Gasteiger partial charge is 0.733 e. The van der Waals surface area contributed by atoms with E-state index in [-0.39, 0.29) is 16.6 Å². The number of thiophene rings is 1. The molecule has 0 aliphatic carbocycles. The maximum atomic E-state index is 11.3. The molecule has 0 amide bonds. The molecule has 2 aromatic carbocycles. The van der Waals surface area contributed by atoms with Crippen molar-refractivity contribution in [3.8, 4) is 22.6 Å². The van der Waals surface area contributed by atoms with Gasteiger partial charge in [-0.3, -0.25) is 5.21 Å². The molecule has 0 aliphatic rings. The van der Waals surface area contributed by atoms with E-state index in [0.717, 1.165) is 16.0 Å². The molecule has 30 heavy (non-hydrogen) atoms. The van der Waals surface area contributed by atoms with Crippen LogP contribution in [0.1, 0.15) is 0 Å². The highest BCUT2D eigenvalue weighted by atomic mass is 32.1. The molecule has 154 valence electrons. The van der Waals surface area contributed by atoms with Crippen LogP contribution in [0.3, 0.4) is 0 Å². The summed E-state index contributed by atoms with van der Waals surface area (Å²) in [6.07, 6.45) is 1.73. The first-order valence-corrected chi connectivity index (χ1v) is 9.67. The molecule has 0 fully saturated rings. The quantitative estimate of drug-likeness (QED) is 0.305. The highest BCUT2D eigenvalue weighted by Gasteiger charge is 2.13. The monoisotopic (exact) mass is 424 g/mol. The van der Waals surface area contributed by atoms with Crippen LogP contribution in [-0.2, 0) is 0 Å². The number of nitrogens with one attached hydrogen (secondary N) is 1. The van der Waals surface area contributed by atoms with Crippen LogP contribution in [0.2, 0.25) is 0 Å². The van der Waals surface area contributed by atoms with Crippen LogP contribution >= 0.6 is 11.3 Å². The van der Waals surface area contributed by atoms with E-state index < -0.39 is 0 Å². The van der Waals surface area contributed by atoms with Gasteiger partial charge < -0.3 is 31.0 Å². The summed E-state index contributed by atoms with van der Waals surface area (Å²) in [5, 5.41) is 25.5. The molecule has 9 nitrogen and oxygen atoms in total. The number of aromatic nitrogens is 2. The SMILES string of the molecule is COc1ccc(Nc2ncc3scc(-c4ccc(N)c(N([O-])O)c4)c3n2)cc1OC. The summed E-state index contributed by atoms with van der Waals surface area (Å²) in [6.45, 7) is 0. The van der Waals surface area contributed by atoms with E-state index in [4.69, 9.17) is 15.2 Å². The Morgan fingerprint density at radius 1 is 1.13 bits per heavy atom. The zero-order chi connectivity index (χ0) is 21.3. The summed E-state index contributed by atoms with van der Waals surface area (Å²) in [7, 11) is 3.14. The van der Waals surface area contributed by atoms with Crippen LogP contribution in [0.5, 0.6) is 11.5 Å². The lowest BCUT2D eigenvalue weighted by Gasteiger charge is -2.23. The van der Waals surface area contributed by atoms with Crippen molar-refractivity contribution in [2.75, 3.05) is 30.5 Å². The van der Waals surface area contributed by atoms with E-state index in [1.165, 1.54) is 17.4 Å². The molecule has 0 bridgehead atoms. The van der Waals surface area contributed by atoms with E-state index in [0.29, 0.717) is 28.5 Å². The molecule has 0 atom stereocenters. The highest BCUT2D eigenvalue weighted by molar-refractivity contribution is 7.17. The topological polar surface area (TPSA) is 129 Å². The lowest BCUT2D eigenvalue weighted by molar-refractivity contribution is 0.297. The Hall–Kier alpha value is -3.60. The summed E-state index contributed by atoms with van der Waals surface area (Å²) in [5.41, 5.74) is 8.87. The molecule has 0 radical (unpaired) electrons. The number of hydrogen-bond acceptors (Lipinski definition) is 10. The normalized spacial score (nSPS) is 10.8. The van der Waals surface area contributed by atoms with Crippen molar-refractivity contribution in [2.24, 2.45) is 0 Å². The number of hydrogen-bond donors (Lipinski definition) is 3. The summed E-state index contributed by atoms with van der Waals surface area (Å²) < 4.78 is 11.5. The van der Waals surface area contributed by atoms with Crippen LogP contribution in [0.25, 0.3) is 21.3 Å². The Morgan fingerprint density at radius 2 is 1.93 bits per heavy atom. The second kappa shape index (κ2) is 8.03. The summed E-state index contributed by atoms with van der Waals surface area (Å²) >= 11 is 1.48. The van der Waals surface area contributed by atoms with Crippen LogP contribution < -0.4 is 25.8 Å². The van der Waals surface area contributed by atoms with Crippen molar-refractivity contribution >= 4 is 44.6 Å². The van der Waals surface area contributed by atoms with Gasteiger partial charge in [0.1, 0.15) is 0 Å². The summed E-state index contributed by atoms with van der Waals surface area (Å²) in [5.74, 6) is 1.60. The second-order valence-electron chi connectivity index (χ2n) is 6.30. The molecule has 0 spiro atoms. The van der Waals surface area contributed by atoms with Crippen molar-refractivity contribution in [1.82, 2.24) is 9.97 Å². The van der Waals surface area contributed by atoms with Crippen LogP contribution in [0, 0.1) is 5.21 Å². The molecule has 0 aliphatic heterocycles. The number of fused-ring (bicyclic) bond motifs is 1. The third-order valence-electron chi connectivity index (χ3n) is 4.50. The highest BCUT2D eigenvalue weighted by Crippen LogP contribution is 2.36. The molecule has 0 saturated heterocycles. The Balaban J connectivity index is 1.71. The van der Waals surface area contributed by atoms with Gasteiger partial charge in [-0.05, 0) is 29.8 Å². The second-order valence-corrected chi connectivity index (χ2v) is 7.21. The molecule has 2 heterocycles. The molecule has 0 saturated carbocycles. The fraction of sp³-hybridized carbons (Fsp3) is 0.100. The number of rotatable bonds is 6. The molecule has 2 aromatic heterocycles. The van der Waals surface area contributed by atoms with E-state index in [1.54, 1.807) is 44.7 Å². The number of benzene rings is 2. The molecule has 4 aromatic rings. The predicted octanol–water partition coefficient (Wildman–Crippen LogP) is 4.39. The fourth-order valence-electron chi connectivity index (χ4n) is 3.01. The smallest absolute Gasteiger partial charge is 0.227 e. The first-order valence-electron chi connectivity index (χ1n) is 8.79. The van der Waals surface area contributed by atoms with Gasteiger partial charge in [-0.25, -0.2) is 9.97 Å². The Morgan fingerprint density at radius 3 is 2.67 bits per heavy atom. The van der Waals surface area contributed by atoms with E-state index >= 15 is 0 Å². The average Bonchev–Trinajstić information content (AvgIpc) is 3.17. The lowest BCUT2D eigenvalue weighted by atomic mass is 10.1. The number of ether oxygens (including phenoxy) is 2. The number of anilines is 4. The maximum Gasteiger partial charge on any atom is 0.227 e. The maximum absolute atomic E-state index is 11.3. The van der Waals surface area contributed by atoms with Crippen LogP contribution in [-0.4, -0.2) is 29.4 Å². The van der Waals surface area contributed by atoms with Crippen molar-refractivity contribution in [2.45, 2.75) is 0 Å². The first-order chi connectivity index (χ1) is 14.5. The fourth-order valence-corrected chi connectivity index (χ4v) is 3.89. The minimum atomic E-state index is -0.244. The average molecular weight is 424 g/mol. The molecule has 0 unspecified atom stereocenters. The van der Waals surface area contributed by atoms with E-state index in [9.17, 15) is 10.4 Å². The van der Waals surface area contributed by atoms with E-state index in [1.807, 2.05) is 11.4 Å². The Kier molecular flexibility index (Phi) is 5.27. The molecule has 10 heteroatoms. The van der Waals surface area contributed by atoms with Gasteiger partial charge >= 0.3 is 0 Å². The Labute approximate surface area is 175 Å². The molecular formula is C20H18N5O4S-. The molecule has 4 N–H and O–H groups in total. The van der Waals surface area contributed by atoms with Crippen LogP contribution in [0.15, 0.2) is 48.0 Å². The zero-order valence-corrected chi connectivity index (χ0v) is 16.9. The van der Waals surface area contributed by atoms with Crippen LogP contribution in [0.4, 0.5) is 23.0 Å². The summed E-state index contributed by atoms with van der Waals surface area (Å²) in [4.78, 5) is 9.00. The summed E-state index contributed by atoms with van der Waals surface area (Å²) in [6, 6.07) is 10.3. The van der Waals surface area contributed by atoms with Crippen molar-refractivity contribution in [3.63, 3.8) is 0 Å². The number of nitrogens with zero attached hydrogens (tertiary/aromatic N) is 3. The minimum Gasteiger partial charge on any atom is -0.733 e. The van der Waals surface area contributed by atoms with Crippen molar-refractivity contribution in [1.29, 1.82) is 0 Å². The van der Waals surface area contributed by atoms with Gasteiger partial charge in [-0.2, -0.15) is 0 Å². The predicted molar refractivity (Wildman–Crippen MR) is 118 cm³/mol. The van der Waals surface area contributed by atoms with Gasteiger partial charge in [0.2, 0.25) is 5.95 Å². The third-order valence-corrected chi connectivity index (χ3v) is 5.41. The van der Waals surface area contributed by atoms with E-state index in [2.05, 4.69) is 15.3 Å². The van der Waals surface area contributed by atoms with Gasteiger partial charge in [0.25, 0.3) is 0 Å². The molecule has 4 rings (SSSR count). The zero-order valence-electron chi connectivity index (χ0n) is 16.1. The lowest BCUT2D eigenvalue weighted by Crippen LogP contribution is -2.09. The Bertz CT molecular complexity index is 1210. The standard InChI is InChI=1S/C20H18N5O4S/c1-28-16-6-4-12(8-17(16)29-2)23-20-22-9-18-19(24-20)13(10-30-18)11-3-5-14(21)15(7-11)25(26)27/h3-10,26H,21H2,1-2H3,(H,22,23,24)/q-1. The number of nitrogen functional groups attached to an aromatic ring is 1. The van der Waals surface area contributed by atoms with Crippen molar-refractivity contribution in [3.05, 3.63) is 53.2 Å². The van der Waals surface area contributed by atoms with Gasteiger partial charge in [-0.1, -0.05) is 6.07 Å². The van der Waals surface area contributed by atoms with Crippen molar-refractivity contribution < 1.29 is 14.7 Å². The minimum absolute atomic E-state index is 0.0235. The number of nitrogens with two attached hydrogens (primary N) is 1. The number of methoxy groups -OCH3 is 2.